The summed E-state index contributed by atoms with van der Waals surface area (Å²) >= 11 is 0. The second-order valence-electron chi connectivity index (χ2n) is 5.52. The van der Waals surface area contributed by atoms with Crippen molar-refractivity contribution in [3.05, 3.63) is 18.0 Å². The van der Waals surface area contributed by atoms with E-state index in [1.807, 2.05) is 13.0 Å². The maximum Gasteiger partial charge on any atom is 0.320 e. The van der Waals surface area contributed by atoms with E-state index in [-0.39, 0.29) is 30.2 Å². The number of carbonyl (C=O) groups is 2. The molecule has 22 heavy (non-hydrogen) atoms. The first-order chi connectivity index (χ1) is 10.6. The Kier molecular flexibility index (Phi) is 3.93. The number of likely N-dealkylation sites (N-methyl/N-ethyl adjacent to an activating group) is 1. The summed E-state index contributed by atoms with van der Waals surface area (Å²) in [5.74, 6) is -0.187. The Hall–Kier alpha value is -2.22. The van der Waals surface area contributed by atoms with Crippen LogP contribution in [0.2, 0.25) is 0 Å². The smallest absolute Gasteiger partial charge is 0.320 e. The van der Waals surface area contributed by atoms with Gasteiger partial charge in [0, 0.05) is 20.2 Å². The molecule has 0 spiro atoms. The number of hydrogen-bond donors (Lipinski definition) is 0. The van der Waals surface area contributed by atoms with Gasteiger partial charge in [0.05, 0.1) is 24.5 Å². The van der Waals surface area contributed by atoms with Gasteiger partial charge in [0.1, 0.15) is 6.61 Å². The maximum atomic E-state index is 11.9. The Labute approximate surface area is 128 Å². The fraction of sp³-hybridized carbons (Fsp3) is 0.571. The van der Waals surface area contributed by atoms with Crippen LogP contribution in [0.25, 0.3) is 5.70 Å². The number of urea groups is 1. The average Bonchev–Trinajstić information content (AvgIpc) is 3.09. The molecule has 8 heteroatoms. The Bertz CT molecular complexity index is 624. The summed E-state index contributed by atoms with van der Waals surface area (Å²) < 4.78 is 6.79. The molecule has 3 heterocycles. The lowest BCUT2D eigenvalue weighted by Crippen LogP contribution is -2.31. The maximum absolute atomic E-state index is 11.9. The fourth-order valence-electron chi connectivity index (χ4n) is 2.62. The SMILES string of the molecule is CCCOCC(=O)c1cn(C2=CC3CN(C2)C(=O)N3C)nn1. The van der Waals surface area contributed by atoms with E-state index in [2.05, 4.69) is 10.3 Å². The van der Waals surface area contributed by atoms with Crippen molar-refractivity contribution in [2.45, 2.75) is 19.4 Å². The van der Waals surface area contributed by atoms with Crippen LogP contribution in [0.4, 0.5) is 4.79 Å². The van der Waals surface area contributed by atoms with Gasteiger partial charge in [-0.3, -0.25) is 4.79 Å². The summed E-state index contributed by atoms with van der Waals surface area (Å²) in [6.45, 7) is 3.73. The van der Waals surface area contributed by atoms with Crippen LogP contribution in [-0.4, -0.2) is 76.0 Å². The fourth-order valence-corrected chi connectivity index (χ4v) is 2.62. The molecule has 0 aromatic carbocycles. The molecule has 0 radical (unpaired) electrons. The molecule has 1 fully saturated rings. The number of aromatic nitrogens is 3. The molecule has 2 aliphatic rings. The van der Waals surface area contributed by atoms with Crippen molar-refractivity contribution in [1.29, 1.82) is 0 Å². The highest BCUT2D eigenvalue weighted by Gasteiger charge is 2.37. The largest absolute Gasteiger partial charge is 0.373 e. The first kappa shape index (κ1) is 14.7. The van der Waals surface area contributed by atoms with Crippen LogP contribution < -0.4 is 0 Å². The molecule has 8 nitrogen and oxygen atoms in total. The van der Waals surface area contributed by atoms with E-state index < -0.39 is 0 Å². The van der Waals surface area contributed by atoms with Crippen molar-refractivity contribution in [1.82, 2.24) is 24.8 Å². The van der Waals surface area contributed by atoms with Crippen LogP contribution in [0.5, 0.6) is 0 Å². The van der Waals surface area contributed by atoms with Gasteiger partial charge in [-0.15, -0.1) is 5.10 Å². The van der Waals surface area contributed by atoms with Crippen LogP contribution in [0, 0.1) is 0 Å². The number of amides is 2. The molecule has 3 rings (SSSR count). The molecule has 0 aliphatic carbocycles. The lowest BCUT2D eigenvalue weighted by atomic mass is 10.2. The van der Waals surface area contributed by atoms with Gasteiger partial charge in [0.2, 0.25) is 5.78 Å². The number of fused-ring (bicyclic) bond motifs is 2. The zero-order chi connectivity index (χ0) is 15.7. The number of rotatable bonds is 6. The van der Waals surface area contributed by atoms with E-state index in [1.54, 1.807) is 27.7 Å². The first-order valence-electron chi connectivity index (χ1n) is 7.36. The number of ketones is 1. The van der Waals surface area contributed by atoms with Crippen molar-refractivity contribution in [2.24, 2.45) is 0 Å². The minimum absolute atomic E-state index is 0.0145. The quantitative estimate of drug-likeness (QED) is 0.564. The van der Waals surface area contributed by atoms with Crippen molar-refractivity contribution >= 4 is 17.5 Å². The molecule has 2 amide bonds. The van der Waals surface area contributed by atoms with Gasteiger partial charge in [0.25, 0.3) is 0 Å². The molecule has 1 unspecified atom stereocenters. The second kappa shape index (κ2) is 5.88. The van der Waals surface area contributed by atoms with E-state index in [0.29, 0.717) is 19.7 Å². The van der Waals surface area contributed by atoms with E-state index in [1.165, 1.54) is 0 Å². The highest BCUT2D eigenvalue weighted by atomic mass is 16.5. The van der Waals surface area contributed by atoms with Gasteiger partial charge in [-0.25, -0.2) is 9.48 Å². The summed E-state index contributed by atoms with van der Waals surface area (Å²) in [4.78, 5) is 27.3. The minimum Gasteiger partial charge on any atom is -0.373 e. The number of nitrogens with zero attached hydrogens (tertiary/aromatic N) is 5. The van der Waals surface area contributed by atoms with Crippen molar-refractivity contribution < 1.29 is 14.3 Å². The van der Waals surface area contributed by atoms with Crippen molar-refractivity contribution in [3.8, 4) is 0 Å². The summed E-state index contributed by atoms with van der Waals surface area (Å²) in [6, 6.07) is 0.0631. The molecule has 1 aromatic rings. The van der Waals surface area contributed by atoms with E-state index in [0.717, 1.165) is 12.1 Å². The van der Waals surface area contributed by atoms with Gasteiger partial charge >= 0.3 is 6.03 Å². The summed E-state index contributed by atoms with van der Waals surface area (Å²) in [5, 5.41) is 7.91. The number of hydrogen-bond acceptors (Lipinski definition) is 5. The number of Topliss-reactive ketones (excluding diaryl/α,β-unsaturated/α-hetero) is 1. The lowest BCUT2D eigenvalue weighted by Gasteiger charge is -2.20. The Morgan fingerprint density at radius 3 is 3.05 bits per heavy atom. The zero-order valence-corrected chi connectivity index (χ0v) is 12.7. The van der Waals surface area contributed by atoms with Crippen LogP contribution in [0.15, 0.2) is 12.3 Å². The number of carbonyl (C=O) groups excluding carboxylic acids is 2. The topological polar surface area (TPSA) is 80.6 Å². The van der Waals surface area contributed by atoms with Gasteiger partial charge in [-0.05, 0) is 12.5 Å². The van der Waals surface area contributed by atoms with Gasteiger partial charge in [-0.1, -0.05) is 12.1 Å². The average molecular weight is 305 g/mol. The van der Waals surface area contributed by atoms with Crippen molar-refractivity contribution in [3.63, 3.8) is 0 Å². The molecule has 118 valence electrons. The minimum atomic E-state index is -0.187. The van der Waals surface area contributed by atoms with Crippen LogP contribution in [-0.2, 0) is 4.74 Å². The van der Waals surface area contributed by atoms with Gasteiger partial charge < -0.3 is 14.5 Å². The molecule has 1 atom stereocenters. The molecule has 2 bridgehead atoms. The third-order valence-corrected chi connectivity index (χ3v) is 3.87. The van der Waals surface area contributed by atoms with Gasteiger partial charge in [-0.2, -0.15) is 0 Å². The van der Waals surface area contributed by atoms with E-state index >= 15 is 0 Å². The van der Waals surface area contributed by atoms with Crippen LogP contribution in [0.3, 0.4) is 0 Å². The molecule has 1 saturated heterocycles. The molecule has 2 aliphatic heterocycles. The molecule has 0 saturated carbocycles. The first-order valence-corrected chi connectivity index (χ1v) is 7.36. The Morgan fingerprint density at radius 2 is 2.32 bits per heavy atom. The van der Waals surface area contributed by atoms with E-state index in [4.69, 9.17) is 4.74 Å². The molecular weight excluding hydrogens is 286 g/mol. The monoisotopic (exact) mass is 305 g/mol. The molecule has 0 N–H and O–H groups in total. The van der Waals surface area contributed by atoms with Crippen LogP contribution in [0.1, 0.15) is 23.8 Å². The lowest BCUT2D eigenvalue weighted by molar-refractivity contribution is 0.0756. The standard InChI is InChI=1S/C14H19N5O3/c1-3-4-22-9-13(20)12-8-19(16-15-12)11-5-10-6-18(7-11)14(21)17(10)2/h5,8,10H,3-4,6-7,9H2,1-2H3. The normalized spacial score (nSPS) is 20.5. The Balaban J connectivity index is 1.71. The van der Waals surface area contributed by atoms with Crippen molar-refractivity contribution in [2.75, 3.05) is 33.4 Å². The second-order valence-corrected chi connectivity index (χ2v) is 5.52. The zero-order valence-electron chi connectivity index (χ0n) is 12.7. The third kappa shape index (κ3) is 2.61. The van der Waals surface area contributed by atoms with Crippen LogP contribution >= 0.6 is 0 Å². The number of ether oxygens (including phenoxy) is 1. The summed E-state index contributed by atoms with van der Waals surface area (Å²) in [7, 11) is 1.79. The third-order valence-electron chi connectivity index (χ3n) is 3.87. The summed E-state index contributed by atoms with van der Waals surface area (Å²) in [5.41, 5.74) is 1.14. The highest BCUT2D eigenvalue weighted by molar-refractivity contribution is 5.95. The Morgan fingerprint density at radius 1 is 1.50 bits per heavy atom. The summed E-state index contributed by atoms with van der Waals surface area (Å²) in [6.07, 6.45) is 4.46. The van der Waals surface area contributed by atoms with Gasteiger partial charge in [0.15, 0.2) is 5.69 Å². The predicted molar refractivity (Wildman–Crippen MR) is 78.3 cm³/mol. The van der Waals surface area contributed by atoms with E-state index in [9.17, 15) is 9.59 Å². The predicted octanol–water partition coefficient (Wildman–Crippen LogP) is 0.478. The molecular formula is C14H19N5O3. The highest BCUT2D eigenvalue weighted by Crippen LogP contribution is 2.24. The molecule has 1 aromatic heterocycles.